The molecule has 1 saturated heterocycles. The fraction of sp³-hybridized carbons (Fsp3) is 0.320. The van der Waals surface area contributed by atoms with Crippen molar-refractivity contribution >= 4 is 23.2 Å². The molecule has 0 spiro atoms. The van der Waals surface area contributed by atoms with Crippen LogP contribution in [0.25, 0.3) is 0 Å². The Balaban J connectivity index is 1.36. The number of carbonyl (C=O) groups is 1. The highest BCUT2D eigenvalue weighted by Crippen LogP contribution is 2.22. The molecule has 0 radical (unpaired) electrons. The molecule has 7 heteroatoms. The van der Waals surface area contributed by atoms with E-state index >= 15 is 0 Å². The van der Waals surface area contributed by atoms with Gasteiger partial charge in [0.2, 0.25) is 0 Å². The van der Waals surface area contributed by atoms with Gasteiger partial charge in [-0.2, -0.15) is 0 Å². The zero-order valence-electron chi connectivity index (χ0n) is 18.8. The lowest BCUT2D eigenvalue weighted by atomic mass is 10.2. The van der Waals surface area contributed by atoms with Gasteiger partial charge in [-0.05, 0) is 45.0 Å². The Morgan fingerprint density at radius 2 is 1.66 bits per heavy atom. The number of hydrogen-bond acceptors (Lipinski definition) is 6. The van der Waals surface area contributed by atoms with Gasteiger partial charge < -0.3 is 19.9 Å². The van der Waals surface area contributed by atoms with E-state index in [-0.39, 0.29) is 5.91 Å². The summed E-state index contributed by atoms with van der Waals surface area (Å²) in [5, 5.41) is 3.36. The number of piperazine rings is 1. The van der Waals surface area contributed by atoms with Gasteiger partial charge in [0.15, 0.2) is 6.10 Å². The van der Waals surface area contributed by atoms with Crippen LogP contribution >= 0.6 is 0 Å². The van der Waals surface area contributed by atoms with Crippen molar-refractivity contribution in [3.8, 4) is 5.75 Å². The van der Waals surface area contributed by atoms with Crippen molar-refractivity contribution in [1.82, 2.24) is 14.9 Å². The van der Waals surface area contributed by atoms with E-state index in [0.717, 1.165) is 17.3 Å². The summed E-state index contributed by atoms with van der Waals surface area (Å²) in [5.74, 6) is 3.05. The minimum absolute atomic E-state index is 0.00842. The van der Waals surface area contributed by atoms with Crippen LogP contribution in [0.2, 0.25) is 0 Å². The molecule has 1 amide bonds. The molecular weight excluding hydrogens is 402 g/mol. The van der Waals surface area contributed by atoms with E-state index in [1.54, 1.807) is 6.92 Å². The van der Waals surface area contributed by atoms with E-state index in [0.29, 0.717) is 37.8 Å². The Morgan fingerprint density at radius 1 is 0.969 bits per heavy atom. The highest BCUT2D eigenvalue weighted by molar-refractivity contribution is 5.81. The van der Waals surface area contributed by atoms with Crippen molar-refractivity contribution < 1.29 is 9.53 Å². The maximum Gasteiger partial charge on any atom is 0.263 e. The van der Waals surface area contributed by atoms with Gasteiger partial charge >= 0.3 is 0 Å². The summed E-state index contributed by atoms with van der Waals surface area (Å²) in [5.41, 5.74) is 2.20. The Hall–Kier alpha value is -3.61. The summed E-state index contributed by atoms with van der Waals surface area (Å²) >= 11 is 0. The SMILES string of the molecule is Cc1ccc(Nc2cc(N3CCN(C(=O)C(C)Oc4ccccc4)CC3)nc(C)n2)cc1. The average molecular weight is 432 g/mol. The van der Waals surface area contributed by atoms with Gasteiger partial charge in [0.25, 0.3) is 5.91 Å². The molecule has 2 heterocycles. The molecule has 1 atom stereocenters. The predicted octanol–water partition coefficient (Wildman–Crippen LogP) is 3.95. The van der Waals surface area contributed by atoms with Crippen LogP contribution in [-0.2, 0) is 4.79 Å². The summed E-state index contributed by atoms with van der Waals surface area (Å²) in [4.78, 5) is 26.0. The predicted molar refractivity (Wildman–Crippen MR) is 127 cm³/mol. The van der Waals surface area contributed by atoms with Crippen LogP contribution in [0.5, 0.6) is 5.75 Å². The largest absolute Gasteiger partial charge is 0.481 e. The number of para-hydroxylation sites is 1. The minimum Gasteiger partial charge on any atom is -0.481 e. The lowest BCUT2D eigenvalue weighted by Gasteiger charge is -2.36. The summed E-state index contributed by atoms with van der Waals surface area (Å²) < 4.78 is 5.80. The lowest BCUT2D eigenvalue weighted by molar-refractivity contribution is -0.138. The maximum atomic E-state index is 12.8. The van der Waals surface area contributed by atoms with Crippen molar-refractivity contribution in [2.45, 2.75) is 26.9 Å². The fourth-order valence-corrected chi connectivity index (χ4v) is 3.73. The normalized spacial score (nSPS) is 14.7. The second kappa shape index (κ2) is 9.68. The van der Waals surface area contributed by atoms with Crippen molar-refractivity contribution in [2.75, 3.05) is 36.4 Å². The minimum atomic E-state index is -0.518. The van der Waals surface area contributed by atoms with Gasteiger partial charge in [0.05, 0.1) is 0 Å². The van der Waals surface area contributed by atoms with Crippen molar-refractivity contribution in [3.05, 3.63) is 72.1 Å². The van der Waals surface area contributed by atoms with E-state index in [1.807, 2.05) is 60.4 Å². The van der Waals surface area contributed by atoms with Crippen molar-refractivity contribution in [3.63, 3.8) is 0 Å². The monoisotopic (exact) mass is 431 g/mol. The molecule has 3 aromatic rings. The molecule has 166 valence electrons. The number of amides is 1. The summed E-state index contributed by atoms with van der Waals surface area (Å²) in [6.45, 7) is 8.45. The standard InChI is InChI=1S/C25H29N5O2/c1-18-9-11-21(12-10-18)28-23-17-24(27-20(3)26-23)29-13-15-30(16-14-29)25(31)19(2)32-22-7-5-4-6-8-22/h4-12,17,19H,13-16H2,1-3H3,(H,26,27,28). The number of benzene rings is 2. The molecular formula is C25H29N5O2. The van der Waals surface area contributed by atoms with Gasteiger partial charge in [0, 0.05) is 37.9 Å². The summed E-state index contributed by atoms with van der Waals surface area (Å²) in [7, 11) is 0. The van der Waals surface area contributed by atoms with E-state index in [4.69, 9.17) is 4.74 Å². The lowest BCUT2D eigenvalue weighted by Crippen LogP contribution is -2.52. The molecule has 1 aliphatic heterocycles. The first-order chi connectivity index (χ1) is 15.5. The average Bonchev–Trinajstić information content (AvgIpc) is 2.80. The zero-order valence-corrected chi connectivity index (χ0v) is 18.8. The van der Waals surface area contributed by atoms with Gasteiger partial charge in [-0.1, -0.05) is 35.9 Å². The Labute approximate surface area is 189 Å². The second-order valence-corrected chi connectivity index (χ2v) is 8.04. The van der Waals surface area contributed by atoms with E-state index in [1.165, 1.54) is 5.56 Å². The zero-order chi connectivity index (χ0) is 22.5. The second-order valence-electron chi connectivity index (χ2n) is 8.04. The Kier molecular flexibility index (Phi) is 6.54. The molecule has 1 aromatic heterocycles. The third-order valence-corrected chi connectivity index (χ3v) is 5.47. The molecule has 1 fully saturated rings. The van der Waals surface area contributed by atoms with Crippen LogP contribution in [0.4, 0.5) is 17.3 Å². The van der Waals surface area contributed by atoms with Crippen LogP contribution in [0.1, 0.15) is 18.3 Å². The first kappa shape index (κ1) is 21.6. The molecule has 2 aromatic carbocycles. The number of nitrogens with one attached hydrogen (secondary N) is 1. The first-order valence-corrected chi connectivity index (χ1v) is 10.9. The molecule has 0 bridgehead atoms. The number of aryl methyl sites for hydroxylation is 2. The fourth-order valence-electron chi connectivity index (χ4n) is 3.73. The van der Waals surface area contributed by atoms with E-state index < -0.39 is 6.10 Å². The van der Waals surface area contributed by atoms with Crippen molar-refractivity contribution in [2.24, 2.45) is 0 Å². The molecule has 32 heavy (non-hydrogen) atoms. The number of nitrogens with zero attached hydrogens (tertiary/aromatic N) is 4. The number of hydrogen-bond donors (Lipinski definition) is 1. The van der Waals surface area contributed by atoms with Gasteiger partial charge in [-0.3, -0.25) is 4.79 Å². The molecule has 4 rings (SSSR count). The van der Waals surface area contributed by atoms with Crippen LogP contribution in [0, 0.1) is 13.8 Å². The van der Waals surface area contributed by atoms with Crippen molar-refractivity contribution in [1.29, 1.82) is 0 Å². The highest BCUT2D eigenvalue weighted by Gasteiger charge is 2.26. The summed E-state index contributed by atoms with van der Waals surface area (Å²) in [6.07, 6.45) is -0.518. The van der Waals surface area contributed by atoms with E-state index in [2.05, 4.69) is 39.2 Å². The number of carbonyl (C=O) groups excluding carboxylic acids is 1. The third-order valence-electron chi connectivity index (χ3n) is 5.47. The topological polar surface area (TPSA) is 70.6 Å². The number of rotatable bonds is 6. The quantitative estimate of drug-likeness (QED) is 0.637. The van der Waals surface area contributed by atoms with Gasteiger partial charge in [0.1, 0.15) is 23.2 Å². The first-order valence-electron chi connectivity index (χ1n) is 10.9. The number of aromatic nitrogens is 2. The molecule has 7 nitrogen and oxygen atoms in total. The maximum absolute atomic E-state index is 12.8. The Bertz CT molecular complexity index is 1050. The smallest absolute Gasteiger partial charge is 0.263 e. The number of ether oxygens (including phenoxy) is 1. The number of anilines is 3. The van der Waals surface area contributed by atoms with E-state index in [9.17, 15) is 4.79 Å². The Morgan fingerprint density at radius 3 is 2.34 bits per heavy atom. The summed E-state index contributed by atoms with van der Waals surface area (Å²) in [6, 6.07) is 19.6. The van der Waals surface area contributed by atoms with Crippen LogP contribution < -0.4 is 15.0 Å². The van der Waals surface area contributed by atoms with Crippen LogP contribution in [0.15, 0.2) is 60.7 Å². The van der Waals surface area contributed by atoms with Gasteiger partial charge in [-0.25, -0.2) is 9.97 Å². The molecule has 0 saturated carbocycles. The molecule has 1 unspecified atom stereocenters. The van der Waals surface area contributed by atoms with Crippen LogP contribution in [0.3, 0.4) is 0 Å². The van der Waals surface area contributed by atoms with Crippen LogP contribution in [-0.4, -0.2) is 53.1 Å². The third kappa shape index (κ3) is 5.35. The highest BCUT2D eigenvalue weighted by atomic mass is 16.5. The molecule has 1 aliphatic rings. The van der Waals surface area contributed by atoms with Gasteiger partial charge in [-0.15, -0.1) is 0 Å². The molecule has 0 aliphatic carbocycles. The molecule has 1 N–H and O–H groups in total.